The molecule has 0 aromatic rings. The van der Waals surface area contributed by atoms with E-state index >= 15 is 0 Å². The summed E-state index contributed by atoms with van der Waals surface area (Å²) in [7, 11) is -15.1. The molecule has 0 radical (unpaired) electrons. The van der Waals surface area contributed by atoms with Crippen LogP contribution in [0.15, 0.2) is 0 Å². The summed E-state index contributed by atoms with van der Waals surface area (Å²) < 4.78 is 347. The molecule has 0 atom stereocenters. The maximum atomic E-state index is 12.7. The summed E-state index contributed by atoms with van der Waals surface area (Å²) in [5.74, 6) is 1.73. The van der Waals surface area contributed by atoms with Crippen molar-refractivity contribution in [2.45, 2.75) is 73.8 Å². The SMILES string of the molecule is O=P(OCC#CCOP(=O)(OC(C(F)(F)F)C(F)(F)F)OC(C(F)(F)F)C(F)(F)F)(OC(C(F)(F)F)C(F)(F)F)OC(C(F)(F)F)C(F)(F)F. The zero-order chi connectivity index (χ0) is 40.4. The van der Waals surface area contributed by atoms with Crippen LogP contribution < -0.4 is 0 Å². The molecule has 0 aliphatic heterocycles. The number of phosphoric acid groups is 2. The van der Waals surface area contributed by atoms with Gasteiger partial charge in [0, 0.05) is 0 Å². The van der Waals surface area contributed by atoms with Gasteiger partial charge in [-0.05, 0) is 0 Å². The molecule has 0 bridgehead atoms. The Balaban J connectivity index is 6.61. The van der Waals surface area contributed by atoms with Crippen LogP contribution in [0.2, 0.25) is 0 Å². The summed E-state index contributed by atoms with van der Waals surface area (Å²) in [5, 5.41) is 0. The zero-order valence-corrected chi connectivity index (χ0v) is 23.7. The maximum absolute atomic E-state index is 12.7. The van der Waals surface area contributed by atoms with Gasteiger partial charge < -0.3 is 0 Å². The fourth-order valence-electron chi connectivity index (χ4n) is 2.23. The Bertz CT molecular complexity index is 1030. The zero-order valence-electron chi connectivity index (χ0n) is 22.0. The molecule has 0 saturated carbocycles. The van der Waals surface area contributed by atoms with Gasteiger partial charge in [0.15, 0.2) is 0 Å². The lowest BCUT2D eigenvalue weighted by molar-refractivity contribution is -0.319. The molecular weight excluding hydrogens is 838 g/mol. The second-order valence-electron chi connectivity index (χ2n) is 8.07. The Morgan fingerprint density at radius 1 is 0.340 bits per heavy atom. The summed E-state index contributed by atoms with van der Waals surface area (Å²) in [6.07, 6.45) is -77.2. The van der Waals surface area contributed by atoms with Gasteiger partial charge in [-0.1, -0.05) is 11.8 Å². The van der Waals surface area contributed by atoms with E-state index in [0.29, 0.717) is 0 Å². The van der Waals surface area contributed by atoms with E-state index in [4.69, 9.17) is 0 Å². The van der Waals surface area contributed by atoms with Crippen molar-refractivity contribution in [1.82, 2.24) is 0 Å². The van der Waals surface area contributed by atoms with Gasteiger partial charge in [-0.3, -0.25) is 27.1 Å². The maximum Gasteiger partial charge on any atom is 0.477 e. The summed E-state index contributed by atoms with van der Waals surface area (Å²) in [6.45, 7) is -4.89. The predicted octanol–water partition coefficient (Wildman–Crippen LogP) is 9.28. The van der Waals surface area contributed by atoms with Crippen LogP contribution in [0, 0.1) is 11.8 Å². The minimum absolute atomic E-state index is 0.867. The first-order valence-corrected chi connectivity index (χ1v) is 13.7. The second kappa shape index (κ2) is 15.6. The van der Waals surface area contributed by atoms with Crippen LogP contribution in [0.5, 0.6) is 0 Å². The molecule has 34 heteroatoms. The number of hydrogen-bond acceptors (Lipinski definition) is 8. The number of alkyl halides is 24. The minimum Gasteiger partial charge on any atom is -0.274 e. The monoisotopic (exact) mass is 846 g/mol. The third-order valence-corrected chi connectivity index (χ3v) is 6.80. The smallest absolute Gasteiger partial charge is 0.274 e. The highest BCUT2D eigenvalue weighted by Crippen LogP contribution is 2.60. The van der Waals surface area contributed by atoms with Gasteiger partial charge in [0.05, 0.1) is 0 Å². The molecule has 0 saturated heterocycles. The predicted molar refractivity (Wildman–Crippen MR) is 103 cm³/mol. The van der Waals surface area contributed by atoms with Crippen LogP contribution in [-0.2, 0) is 36.3 Å². The van der Waals surface area contributed by atoms with Gasteiger partial charge in [-0.2, -0.15) is 105 Å². The molecule has 50 heavy (non-hydrogen) atoms. The van der Waals surface area contributed by atoms with Gasteiger partial charge in [-0.15, -0.1) is 0 Å². The summed E-state index contributed by atoms with van der Waals surface area (Å²) >= 11 is 0. The normalized spacial score (nSPS) is 15.4. The summed E-state index contributed by atoms with van der Waals surface area (Å²) in [5.41, 5.74) is 0. The van der Waals surface area contributed by atoms with E-state index in [0.717, 1.165) is 11.8 Å². The molecule has 0 amide bonds. The van der Waals surface area contributed by atoms with Crippen molar-refractivity contribution in [3.63, 3.8) is 0 Å². The van der Waals surface area contributed by atoms with E-state index in [9.17, 15) is 115 Å². The third-order valence-electron chi connectivity index (χ3n) is 4.03. The third kappa shape index (κ3) is 15.8. The van der Waals surface area contributed by atoms with Crippen LogP contribution in [0.25, 0.3) is 0 Å². The molecule has 0 fully saturated rings. The van der Waals surface area contributed by atoms with Crippen molar-refractivity contribution >= 4 is 15.6 Å². The highest BCUT2D eigenvalue weighted by molar-refractivity contribution is 7.48. The molecule has 0 heterocycles. The fraction of sp³-hybridized carbons (Fsp3) is 0.875. The molecule has 0 unspecified atom stereocenters. The molecule has 0 spiro atoms. The molecule has 8 nitrogen and oxygen atoms in total. The van der Waals surface area contributed by atoms with Gasteiger partial charge in [0.2, 0.25) is 0 Å². The van der Waals surface area contributed by atoms with Crippen molar-refractivity contribution in [2.24, 2.45) is 0 Å². The van der Waals surface area contributed by atoms with Crippen LogP contribution >= 0.6 is 15.6 Å². The average molecular weight is 846 g/mol. The molecule has 0 N–H and O–H groups in total. The first-order valence-electron chi connectivity index (χ1n) is 10.8. The summed E-state index contributed by atoms with van der Waals surface area (Å²) in [4.78, 5) is 0. The highest BCUT2D eigenvalue weighted by atomic mass is 31.2. The lowest BCUT2D eigenvalue weighted by Crippen LogP contribution is -2.46. The van der Waals surface area contributed by atoms with Gasteiger partial charge in [0.25, 0.3) is 24.4 Å². The largest absolute Gasteiger partial charge is 0.477 e. The highest BCUT2D eigenvalue weighted by Gasteiger charge is 2.67. The van der Waals surface area contributed by atoms with E-state index in [1.165, 1.54) is 0 Å². The Morgan fingerprint density at radius 2 is 0.480 bits per heavy atom. The van der Waals surface area contributed by atoms with E-state index in [2.05, 4.69) is 27.1 Å². The Morgan fingerprint density at radius 3 is 0.600 bits per heavy atom. The van der Waals surface area contributed by atoms with Crippen molar-refractivity contribution < 1.29 is 142 Å². The first kappa shape index (κ1) is 48.1. The second-order valence-corrected chi connectivity index (χ2v) is 11.2. The molecular formula is C16H8F24O8P2. The lowest BCUT2D eigenvalue weighted by Gasteiger charge is -2.30. The van der Waals surface area contributed by atoms with Crippen LogP contribution in [0.1, 0.15) is 0 Å². The minimum atomic E-state index is -7.54. The topological polar surface area (TPSA) is 89.5 Å². The van der Waals surface area contributed by atoms with Crippen LogP contribution in [0.4, 0.5) is 105 Å². The molecule has 0 aromatic heterocycles. The van der Waals surface area contributed by atoms with Crippen LogP contribution in [-0.4, -0.2) is 87.0 Å². The van der Waals surface area contributed by atoms with E-state index < -0.39 is 103 Å². The van der Waals surface area contributed by atoms with Crippen molar-refractivity contribution in [2.75, 3.05) is 13.2 Å². The Labute approximate surface area is 257 Å². The Hall–Kier alpha value is -1.90. The molecule has 0 aromatic carbocycles. The van der Waals surface area contributed by atoms with Gasteiger partial charge in [-0.25, -0.2) is 9.13 Å². The average Bonchev–Trinajstić information content (AvgIpc) is 2.80. The fourth-order valence-corrected chi connectivity index (χ4v) is 5.01. The molecule has 0 rings (SSSR count). The van der Waals surface area contributed by atoms with E-state index in [-0.39, 0.29) is 0 Å². The summed E-state index contributed by atoms with van der Waals surface area (Å²) in [6, 6.07) is 0. The van der Waals surface area contributed by atoms with Crippen molar-refractivity contribution in [3.8, 4) is 11.8 Å². The first-order chi connectivity index (χ1) is 21.6. The van der Waals surface area contributed by atoms with Crippen LogP contribution in [0.3, 0.4) is 0 Å². The molecule has 298 valence electrons. The van der Waals surface area contributed by atoms with Crippen molar-refractivity contribution in [1.29, 1.82) is 0 Å². The standard InChI is InChI=1S/C16H8F24O8P2/c17-9(18,19)5(10(20,21)22)45-49(41,46-6(11(23,24)25)12(26,27)28)43-3-1-2-4-44-50(42,47-7(13(29,30)31)14(32,33)34)48-8(15(35,36)37)16(38,39)40/h5-8H,3-4H2. The van der Waals surface area contributed by atoms with E-state index in [1.54, 1.807) is 0 Å². The quantitative estimate of drug-likeness (QED) is 0.109. The number of rotatable bonds is 12. The number of hydrogen-bond donors (Lipinski definition) is 0. The van der Waals surface area contributed by atoms with Gasteiger partial charge in [0.1, 0.15) is 13.2 Å². The Kier molecular flexibility index (Phi) is 15.0. The van der Waals surface area contributed by atoms with Gasteiger partial charge >= 0.3 is 65.1 Å². The number of halogens is 24. The van der Waals surface area contributed by atoms with E-state index in [1.807, 2.05) is 0 Å². The molecule has 0 aliphatic carbocycles. The van der Waals surface area contributed by atoms with Crippen molar-refractivity contribution in [3.05, 3.63) is 0 Å². The number of phosphoric ester groups is 2. The lowest BCUT2D eigenvalue weighted by atomic mass is 10.3. The molecule has 0 aliphatic rings.